The number of fused-ring (bicyclic) bond motifs is 1. The van der Waals surface area contributed by atoms with Gasteiger partial charge in [0.15, 0.2) is 0 Å². The minimum Gasteiger partial charge on any atom is -0.459 e. The molecule has 1 N–H and O–H groups in total. The molecule has 0 amide bonds. The molecule has 0 spiro atoms. The highest BCUT2D eigenvalue weighted by atomic mass is 19.1. The average Bonchev–Trinajstić information content (AvgIpc) is 2.85. The number of hydrogen-bond donors (Lipinski definition) is 1. The Labute approximate surface area is 117 Å². The van der Waals surface area contributed by atoms with Crippen molar-refractivity contribution in [1.82, 2.24) is 5.32 Å². The van der Waals surface area contributed by atoms with Gasteiger partial charge in [0.2, 0.25) is 0 Å². The molecule has 1 heterocycles. The summed E-state index contributed by atoms with van der Waals surface area (Å²) in [4.78, 5) is 0. The fourth-order valence-corrected chi connectivity index (χ4v) is 2.56. The first-order valence-corrected chi connectivity index (χ1v) is 6.61. The largest absolute Gasteiger partial charge is 0.459 e. The van der Waals surface area contributed by atoms with Gasteiger partial charge in [-0.05, 0) is 49.4 Å². The summed E-state index contributed by atoms with van der Waals surface area (Å²) in [6.07, 6.45) is 0. The summed E-state index contributed by atoms with van der Waals surface area (Å²) in [6, 6.07) is 14.7. The molecular weight excluding hydrogens is 253 g/mol. The Bertz CT molecular complexity index is 715. The van der Waals surface area contributed by atoms with Crippen LogP contribution in [0.5, 0.6) is 0 Å². The van der Waals surface area contributed by atoms with E-state index in [1.807, 2.05) is 44.3 Å². The normalized spacial score (nSPS) is 12.8. The standard InChI is InChI=1S/C17H16FNO/c1-11-9-13(18)7-8-14(11)17(19-2)16-10-12-5-3-4-6-15(12)20-16/h3-10,17,19H,1-2H3. The number of nitrogens with one attached hydrogen (secondary N) is 1. The number of para-hydroxylation sites is 1. The molecule has 0 aliphatic carbocycles. The molecule has 3 rings (SSSR count). The lowest BCUT2D eigenvalue weighted by Gasteiger charge is -2.16. The molecule has 0 saturated heterocycles. The van der Waals surface area contributed by atoms with Gasteiger partial charge in [0.1, 0.15) is 17.2 Å². The summed E-state index contributed by atoms with van der Waals surface area (Å²) in [5, 5.41) is 4.31. The maximum atomic E-state index is 13.2. The van der Waals surface area contributed by atoms with Crippen LogP contribution in [0.2, 0.25) is 0 Å². The molecular formula is C17H16FNO. The molecule has 20 heavy (non-hydrogen) atoms. The maximum Gasteiger partial charge on any atom is 0.134 e. The van der Waals surface area contributed by atoms with E-state index < -0.39 is 0 Å². The van der Waals surface area contributed by atoms with Crippen molar-refractivity contribution in [2.24, 2.45) is 0 Å². The molecule has 1 atom stereocenters. The van der Waals surface area contributed by atoms with Gasteiger partial charge in [-0.1, -0.05) is 24.3 Å². The van der Waals surface area contributed by atoms with E-state index >= 15 is 0 Å². The highest BCUT2D eigenvalue weighted by Gasteiger charge is 2.18. The predicted octanol–water partition coefficient (Wildman–Crippen LogP) is 4.19. The van der Waals surface area contributed by atoms with Gasteiger partial charge >= 0.3 is 0 Å². The molecule has 1 unspecified atom stereocenters. The monoisotopic (exact) mass is 269 g/mol. The zero-order valence-electron chi connectivity index (χ0n) is 11.5. The van der Waals surface area contributed by atoms with Gasteiger partial charge in [-0.2, -0.15) is 0 Å². The van der Waals surface area contributed by atoms with Crippen LogP contribution in [0, 0.1) is 12.7 Å². The van der Waals surface area contributed by atoms with Crippen LogP contribution >= 0.6 is 0 Å². The Morgan fingerprint density at radius 1 is 1.10 bits per heavy atom. The summed E-state index contributed by atoms with van der Waals surface area (Å²) in [6.45, 7) is 1.91. The molecule has 0 aliphatic rings. The number of rotatable bonds is 3. The molecule has 102 valence electrons. The molecule has 0 saturated carbocycles. The Balaban J connectivity index is 2.08. The van der Waals surface area contributed by atoms with Crippen molar-refractivity contribution < 1.29 is 8.81 Å². The van der Waals surface area contributed by atoms with E-state index in [0.29, 0.717) is 0 Å². The van der Waals surface area contributed by atoms with Gasteiger partial charge in [0.05, 0.1) is 6.04 Å². The summed E-state index contributed by atoms with van der Waals surface area (Å²) in [7, 11) is 1.88. The highest BCUT2D eigenvalue weighted by molar-refractivity contribution is 5.78. The summed E-state index contributed by atoms with van der Waals surface area (Å²) in [5.74, 6) is 0.620. The smallest absolute Gasteiger partial charge is 0.134 e. The van der Waals surface area contributed by atoms with E-state index in [0.717, 1.165) is 27.9 Å². The van der Waals surface area contributed by atoms with Crippen molar-refractivity contribution in [3.63, 3.8) is 0 Å². The first-order chi connectivity index (χ1) is 9.69. The van der Waals surface area contributed by atoms with Crippen LogP contribution in [0.1, 0.15) is 22.9 Å². The molecule has 3 aromatic rings. The second-order valence-electron chi connectivity index (χ2n) is 4.91. The number of hydrogen-bond acceptors (Lipinski definition) is 2. The summed E-state index contributed by atoms with van der Waals surface area (Å²) < 4.78 is 19.1. The van der Waals surface area contributed by atoms with E-state index in [4.69, 9.17) is 4.42 Å². The first-order valence-electron chi connectivity index (χ1n) is 6.61. The Morgan fingerprint density at radius 3 is 2.60 bits per heavy atom. The topological polar surface area (TPSA) is 25.2 Å². The van der Waals surface area contributed by atoms with Crippen molar-refractivity contribution in [1.29, 1.82) is 0 Å². The van der Waals surface area contributed by atoms with E-state index in [-0.39, 0.29) is 11.9 Å². The predicted molar refractivity (Wildman–Crippen MR) is 78.3 cm³/mol. The SMILES string of the molecule is CNC(c1cc2ccccc2o1)c1ccc(F)cc1C. The lowest BCUT2D eigenvalue weighted by Crippen LogP contribution is -2.18. The molecule has 3 heteroatoms. The number of furan rings is 1. The fourth-order valence-electron chi connectivity index (χ4n) is 2.56. The van der Waals surface area contributed by atoms with Gasteiger partial charge < -0.3 is 9.73 Å². The Hall–Kier alpha value is -2.13. The molecule has 1 aromatic heterocycles. The molecule has 0 fully saturated rings. The van der Waals surface area contributed by atoms with Gasteiger partial charge in [0, 0.05) is 5.39 Å². The van der Waals surface area contributed by atoms with E-state index in [1.54, 1.807) is 12.1 Å². The minimum absolute atomic E-state index is 0.0806. The molecule has 2 aromatic carbocycles. The highest BCUT2D eigenvalue weighted by Crippen LogP contribution is 2.29. The fraction of sp³-hybridized carbons (Fsp3) is 0.176. The van der Waals surface area contributed by atoms with Crippen molar-refractivity contribution in [3.05, 3.63) is 71.2 Å². The molecule has 0 radical (unpaired) electrons. The molecule has 0 aliphatic heterocycles. The zero-order valence-corrected chi connectivity index (χ0v) is 11.5. The van der Waals surface area contributed by atoms with Crippen LogP contribution in [0.4, 0.5) is 4.39 Å². The van der Waals surface area contributed by atoms with Gasteiger partial charge in [-0.3, -0.25) is 0 Å². The van der Waals surface area contributed by atoms with Crippen LogP contribution in [0.3, 0.4) is 0 Å². The summed E-state index contributed by atoms with van der Waals surface area (Å²) >= 11 is 0. The minimum atomic E-state index is -0.217. The first kappa shape index (κ1) is 12.9. The van der Waals surface area contributed by atoms with Crippen molar-refractivity contribution in [2.45, 2.75) is 13.0 Å². The lowest BCUT2D eigenvalue weighted by molar-refractivity contribution is 0.490. The van der Waals surface area contributed by atoms with Crippen molar-refractivity contribution in [2.75, 3.05) is 7.05 Å². The number of halogens is 1. The van der Waals surface area contributed by atoms with Crippen LogP contribution in [-0.2, 0) is 0 Å². The van der Waals surface area contributed by atoms with Gasteiger partial charge in [0.25, 0.3) is 0 Å². The second kappa shape index (κ2) is 5.10. The van der Waals surface area contributed by atoms with Gasteiger partial charge in [-0.15, -0.1) is 0 Å². The second-order valence-corrected chi connectivity index (χ2v) is 4.91. The van der Waals surface area contributed by atoms with E-state index in [9.17, 15) is 4.39 Å². The average molecular weight is 269 g/mol. The van der Waals surface area contributed by atoms with Crippen LogP contribution in [0.15, 0.2) is 52.9 Å². The Morgan fingerprint density at radius 2 is 1.90 bits per heavy atom. The number of aryl methyl sites for hydroxylation is 1. The maximum absolute atomic E-state index is 13.2. The molecule has 2 nitrogen and oxygen atoms in total. The Kier molecular flexibility index (Phi) is 3.28. The quantitative estimate of drug-likeness (QED) is 0.771. The third kappa shape index (κ3) is 2.21. The van der Waals surface area contributed by atoms with E-state index in [1.165, 1.54) is 6.07 Å². The lowest BCUT2D eigenvalue weighted by atomic mass is 9.99. The summed E-state index contributed by atoms with van der Waals surface area (Å²) in [5.41, 5.74) is 2.79. The third-order valence-electron chi connectivity index (χ3n) is 3.56. The van der Waals surface area contributed by atoms with Gasteiger partial charge in [-0.25, -0.2) is 4.39 Å². The van der Waals surface area contributed by atoms with Crippen LogP contribution in [-0.4, -0.2) is 7.05 Å². The van der Waals surface area contributed by atoms with Crippen LogP contribution < -0.4 is 5.32 Å². The van der Waals surface area contributed by atoms with E-state index in [2.05, 4.69) is 5.32 Å². The number of benzene rings is 2. The zero-order chi connectivity index (χ0) is 14.1. The van der Waals surface area contributed by atoms with Crippen molar-refractivity contribution >= 4 is 11.0 Å². The van der Waals surface area contributed by atoms with Crippen molar-refractivity contribution in [3.8, 4) is 0 Å². The molecule has 0 bridgehead atoms. The third-order valence-corrected chi connectivity index (χ3v) is 3.56. The van der Waals surface area contributed by atoms with Crippen LogP contribution in [0.25, 0.3) is 11.0 Å².